The predicted octanol–water partition coefficient (Wildman–Crippen LogP) is 0.840. The van der Waals surface area contributed by atoms with Crippen molar-refractivity contribution >= 4 is 5.78 Å². The molecule has 4 heteroatoms. The molecule has 15 heavy (non-hydrogen) atoms. The molecule has 0 aliphatic carbocycles. The van der Waals surface area contributed by atoms with E-state index in [9.17, 15) is 4.79 Å². The maximum absolute atomic E-state index is 11.5. The van der Waals surface area contributed by atoms with E-state index in [0.717, 1.165) is 24.4 Å². The van der Waals surface area contributed by atoms with E-state index in [0.29, 0.717) is 13.0 Å². The summed E-state index contributed by atoms with van der Waals surface area (Å²) in [4.78, 5) is 11.5. The Morgan fingerprint density at radius 2 is 2.33 bits per heavy atom. The van der Waals surface area contributed by atoms with Crippen LogP contribution in [-0.2, 0) is 18.3 Å². The molecule has 0 aromatic carbocycles. The fourth-order valence-corrected chi connectivity index (χ4v) is 1.50. The number of Topliss-reactive ketones (excluding diaryl/α,β-unsaturated/α-hetero) is 1. The van der Waals surface area contributed by atoms with Crippen molar-refractivity contribution in [1.82, 2.24) is 15.1 Å². The maximum Gasteiger partial charge on any atom is 0.152 e. The quantitative estimate of drug-likeness (QED) is 0.706. The molecular formula is C11H19N3O. The highest BCUT2D eigenvalue weighted by Crippen LogP contribution is 2.02. The average Bonchev–Trinajstić information content (AvgIpc) is 2.45. The van der Waals surface area contributed by atoms with Crippen molar-refractivity contribution in [2.75, 3.05) is 13.1 Å². The average molecular weight is 209 g/mol. The number of aryl methyl sites for hydroxylation is 2. The SMILES string of the molecule is CCCNCC(=O)Cc1cc(C)nn1C. The first-order valence-corrected chi connectivity index (χ1v) is 5.35. The molecular weight excluding hydrogens is 190 g/mol. The third-order valence-corrected chi connectivity index (χ3v) is 2.23. The number of aromatic nitrogens is 2. The van der Waals surface area contributed by atoms with Crippen molar-refractivity contribution in [1.29, 1.82) is 0 Å². The highest BCUT2D eigenvalue weighted by Gasteiger charge is 2.07. The lowest BCUT2D eigenvalue weighted by molar-refractivity contribution is -0.117. The number of ketones is 1. The number of carbonyl (C=O) groups excluding carboxylic acids is 1. The summed E-state index contributed by atoms with van der Waals surface area (Å²) in [6.45, 7) is 5.37. The van der Waals surface area contributed by atoms with Crippen LogP contribution in [0.1, 0.15) is 24.7 Å². The van der Waals surface area contributed by atoms with Gasteiger partial charge in [0.1, 0.15) is 0 Å². The zero-order valence-electron chi connectivity index (χ0n) is 9.71. The number of nitrogens with zero attached hydrogens (tertiary/aromatic N) is 2. The summed E-state index contributed by atoms with van der Waals surface area (Å²) in [6.07, 6.45) is 1.52. The van der Waals surface area contributed by atoms with E-state index < -0.39 is 0 Å². The summed E-state index contributed by atoms with van der Waals surface area (Å²) < 4.78 is 1.77. The third kappa shape index (κ3) is 3.83. The molecule has 0 saturated heterocycles. The molecule has 0 spiro atoms. The van der Waals surface area contributed by atoms with E-state index in [2.05, 4.69) is 17.3 Å². The minimum Gasteiger partial charge on any atom is -0.310 e. The van der Waals surface area contributed by atoms with Crippen LogP contribution in [0.5, 0.6) is 0 Å². The third-order valence-electron chi connectivity index (χ3n) is 2.23. The van der Waals surface area contributed by atoms with Crippen molar-refractivity contribution in [3.63, 3.8) is 0 Å². The Kier molecular flexibility index (Phi) is 4.49. The minimum atomic E-state index is 0.214. The van der Waals surface area contributed by atoms with Crippen LogP contribution in [0, 0.1) is 6.92 Å². The maximum atomic E-state index is 11.5. The Labute approximate surface area is 90.7 Å². The predicted molar refractivity (Wildman–Crippen MR) is 59.8 cm³/mol. The van der Waals surface area contributed by atoms with Crippen LogP contribution in [0.2, 0.25) is 0 Å². The molecule has 1 heterocycles. The van der Waals surface area contributed by atoms with Crippen LogP contribution in [0.3, 0.4) is 0 Å². The van der Waals surface area contributed by atoms with E-state index >= 15 is 0 Å². The monoisotopic (exact) mass is 209 g/mol. The summed E-state index contributed by atoms with van der Waals surface area (Å²) in [5.41, 5.74) is 1.94. The second-order valence-corrected chi connectivity index (χ2v) is 3.79. The molecule has 84 valence electrons. The largest absolute Gasteiger partial charge is 0.310 e. The van der Waals surface area contributed by atoms with E-state index in [1.54, 1.807) is 4.68 Å². The van der Waals surface area contributed by atoms with Gasteiger partial charge in [-0.2, -0.15) is 5.10 Å². The Bertz CT molecular complexity index is 331. The molecule has 0 atom stereocenters. The summed E-state index contributed by atoms with van der Waals surface area (Å²) >= 11 is 0. The van der Waals surface area contributed by atoms with E-state index in [1.165, 1.54) is 0 Å². The van der Waals surface area contributed by atoms with Gasteiger partial charge in [0, 0.05) is 19.2 Å². The first-order chi connectivity index (χ1) is 7.13. The molecule has 1 N–H and O–H groups in total. The topological polar surface area (TPSA) is 46.9 Å². The van der Waals surface area contributed by atoms with Gasteiger partial charge in [0.2, 0.25) is 0 Å². The van der Waals surface area contributed by atoms with Gasteiger partial charge in [-0.05, 0) is 26.0 Å². The van der Waals surface area contributed by atoms with Gasteiger partial charge in [0.25, 0.3) is 0 Å². The highest BCUT2D eigenvalue weighted by molar-refractivity contribution is 5.82. The zero-order chi connectivity index (χ0) is 11.3. The smallest absolute Gasteiger partial charge is 0.152 e. The van der Waals surface area contributed by atoms with Gasteiger partial charge in [0.15, 0.2) is 5.78 Å². The summed E-state index contributed by atoms with van der Waals surface area (Å²) in [7, 11) is 1.87. The van der Waals surface area contributed by atoms with E-state index in [-0.39, 0.29) is 5.78 Å². The Balaban J connectivity index is 2.41. The van der Waals surface area contributed by atoms with Gasteiger partial charge >= 0.3 is 0 Å². The zero-order valence-corrected chi connectivity index (χ0v) is 9.71. The Hall–Kier alpha value is -1.16. The number of rotatable bonds is 6. The standard InChI is InChI=1S/C11H19N3O/c1-4-5-12-8-11(15)7-10-6-9(2)13-14(10)3/h6,12H,4-5,7-8H2,1-3H3. The molecule has 0 saturated carbocycles. The van der Waals surface area contributed by atoms with Crippen LogP contribution in [0.4, 0.5) is 0 Å². The fraction of sp³-hybridized carbons (Fsp3) is 0.636. The van der Waals surface area contributed by atoms with Crippen molar-refractivity contribution in [3.05, 3.63) is 17.5 Å². The van der Waals surface area contributed by atoms with Crippen molar-refractivity contribution < 1.29 is 4.79 Å². The van der Waals surface area contributed by atoms with Crippen molar-refractivity contribution in [3.8, 4) is 0 Å². The van der Waals surface area contributed by atoms with Crippen molar-refractivity contribution in [2.24, 2.45) is 7.05 Å². The number of nitrogens with one attached hydrogen (secondary N) is 1. The highest BCUT2D eigenvalue weighted by atomic mass is 16.1. The fourth-order valence-electron chi connectivity index (χ4n) is 1.50. The molecule has 0 amide bonds. The minimum absolute atomic E-state index is 0.214. The summed E-state index contributed by atoms with van der Waals surface area (Å²) in [6, 6.07) is 1.96. The van der Waals surface area contributed by atoms with Crippen LogP contribution in [0.25, 0.3) is 0 Å². The number of hydrogen-bond acceptors (Lipinski definition) is 3. The first kappa shape index (κ1) is 11.9. The van der Waals surface area contributed by atoms with Gasteiger partial charge < -0.3 is 5.32 Å². The van der Waals surface area contributed by atoms with E-state index in [1.807, 2.05) is 20.0 Å². The van der Waals surface area contributed by atoms with Crippen LogP contribution < -0.4 is 5.32 Å². The molecule has 0 aliphatic heterocycles. The molecule has 0 radical (unpaired) electrons. The van der Waals surface area contributed by atoms with Gasteiger partial charge in [-0.25, -0.2) is 0 Å². The molecule has 4 nitrogen and oxygen atoms in total. The van der Waals surface area contributed by atoms with Gasteiger partial charge in [0.05, 0.1) is 12.2 Å². The van der Waals surface area contributed by atoms with Crippen molar-refractivity contribution in [2.45, 2.75) is 26.7 Å². The molecule has 1 rings (SSSR count). The lowest BCUT2D eigenvalue weighted by Crippen LogP contribution is -2.25. The Morgan fingerprint density at radius 3 is 2.87 bits per heavy atom. The second-order valence-electron chi connectivity index (χ2n) is 3.79. The normalized spacial score (nSPS) is 10.6. The van der Waals surface area contributed by atoms with Gasteiger partial charge in [-0.15, -0.1) is 0 Å². The van der Waals surface area contributed by atoms with Crippen LogP contribution >= 0.6 is 0 Å². The Morgan fingerprint density at radius 1 is 1.60 bits per heavy atom. The molecule has 1 aromatic rings. The summed E-state index contributed by atoms with van der Waals surface area (Å²) in [5.74, 6) is 0.214. The molecule has 0 bridgehead atoms. The molecule has 1 aromatic heterocycles. The summed E-state index contributed by atoms with van der Waals surface area (Å²) in [5, 5.41) is 7.31. The molecule has 0 fully saturated rings. The van der Waals surface area contributed by atoms with Crippen LogP contribution in [-0.4, -0.2) is 28.7 Å². The van der Waals surface area contributed by atoms with E-state index in [4.69, 9.17) is 0 Å². The van der Waals surface area contributed by atoms with Gasteiger partial charge in [-0.3, -0.25) is 9.48 Å². The first-order valence-electron chi connectivity index (χ1n) is 5.35. The molecule has 0 aliphatic rings. The lowest BCUT2D eigenvalue weighted by atomic mass is 10.2. The number of hydrogen-bond donors (Lipinski definition) is 1. The number of carbonyl (C=O) groups is 1. The second kappa shape index (κ2) is 5.66. The van der Waals surface area contributed by atoms with Gasteiger partial charge in [-0.1, -0.05) is 6.92 Å². The van der Waals surface area contributed by atoms with Crippen LogP contribution in [0.15, 0.2) is 6.07 Å². The lowest BCUT2D eigenvalue weighted by Gasteiger charge is -2.02. The molecule has 0 unspecified atom stereocenters.